The minimum atomic E-state index is 0.0358. The molecule has 7 nitrogen and oxygen atoms in total. The van der Waals surface area contributed by atoms with Crippen LogP contribution in [0.5, 0.6) is 5.88 Å². The Hall–Kier alpha value is -2.96. The Labute approximate surface area is 151 Å². The maximum atomic E-state index is 12.6. The van der Waals surface area contributed by atoms with Gasteiger partial charge in [0, 0.05) is 32.0 Å². The maximum absolute atomic E-state index is 12.6. The van der Waals surface area contributed by atoms with Crippen molar-refractivity contribution < 1.29 is 4.74 Å². The average Bonchev–Trinajstić information content (AvgIpc) is 2.71. The Morgan fingerprint density at radius 3 is 2.69 bits per heavy atom. The van der Waals surface area contributed by atoms with E-state index >= 15 is 0 Å². The van der Waals surface area contributed by atoms with Gasteiger partial charge in [0.15, 0.2) is 5.82 Å². The van der Waals surface area contributed by atoms with Crippen LogP contribution < -0.4 is 15.2 Å². The van der Waals surface area contributed by atoms with Crippen LogP contribution in [0.3, 0.4) is 0 Å². The van der Waals surface area contributed by atoms with Crippen molar-refractivity contribution in [3.05, 3.63) is 53.3 Å². The molecule has 0 amide bonds. The average molecular weight is 351 g/mol. The molecule has 2 aromatic heterocycles. The zero-order valence-corrected chi connectivity index (χ0v) is 14.7. The van der Waals surface area contributed by atoms with E-state index in [-0.39, 0.29) is 5.56 Å². The van der Waals surface area contributed by atoms with E-state index in [2.05, 4.69) is 19.9 Å². The molecule has 26 heavy (non-hydrogen) atoms. The highest BCUT2D eigenvalue weighted by molar-refractivity contribution is 5.76. The number of ether oxygens (including phenoxy) is 1. The number of hydrogen-bond acceptors (Lipinski definition) is 6. The van der Waals surface area contributed by atoms with E-state index in [9.17, 15) is 4.79 Å². The minimum Gasteiger partial charge on any atom is -0.478 e. The fourth-order valence-electron chi connectivity index (χ4n) is 3.52. The molecule has 0 radical (unpaired) electrons. The van der Waals surface area contributed by atoms with E-state index in [1.807, 2.05) is 24.3 Å². The Balaban J connectivity index is 1.46. The molecule has 0 saturated carbocycles. The topological polar surface area (TPSA) is 73.1 Å². The zero-order valence-electron chi connectivity index (χ0n) is 14.7. The molecule has 0 spiro atoms. The van der Waals surface area contributed by atoms with E-state index in [4.69, 9.17) is 4.74 Å². The third-order valence-electron chi connectivity index (χ3n) is 4.94. The number of piperidine rings is 1. The lowest BCUT2D eigenvalue weighted by Crippen LogP contribution is -2.37. The predicted octanol–water partition coefficient (Wildman–Crippen LogP) is 2.11. The van der Waals surface area contributed by atoms with E-state index in [1.54, 1.807) is 30.4 Å². The van der Waals surface area contributed by atoms with Crippen LogP contribution >= 0.6 is 0 Å². The first kappa shape index (κ1) is 16.5. The molecule has 4 rings (SSSR count). The van der Waals surface area contributed by atoms with Gasteiger partial charge in [-0.15, -0.1) is 0 Å². The van der Waals surface area contributed by atoms with Crippen molar-refractivity contribution in [3.8, 4) is 5.88 Å². The van der Waals surface area contributed by atoms with Crippen molar-refractivity contribution >= 4 is 16.7 Å². The van der Waals surface area contributed by atoms with Crippen LogP contribution in [0, 0.1) is 5.92 Å². The molecule has 0 atom stereocenters. The van der Waals surface area contributed by atoms with Gasteiger partial charge in [-0.05, 0) is 30.9 Å². The van der Waals surface area contributed by atoms with E-state index in [1.165, 1.54) is 0 Å². The van der Waals surface area contributed by atoms with Gasteiger partial charge in [-0.3, -0.25) is 9.36 Å². The fourth-order valence-corrected chi connectivity index (χ4v) is 3.52. The number of rotatable bonds is 4. The Morgan fingerprint density at radius 1 is 1.12 bits per heavy atom. The molecule has 1 aliphatic heterocycles. The largest absolute Gasteiger partial charge is 0.478 e. The van der Waals surface area contributed by atoms with Crippen LogP contribution in [0.25, 0.3) is 10.9 Å². The first-order valence-corrected chi connectivity index (χ1v) is 8.80. The van der Waals surface area contributed by atoms with Gasteiger partial charge in [-0.25, -0.2) is 15.0 Å². The van der Waals surface area contributed by atoms with Crippen LogP contribution in [0.15, 0.2) is 47.8 Å². The SMILES string of the molecule is COc1nccnc1N1CCC(Cn2cnc3ccccc3c2=O)CC1. The second-order valence-electron chi connectivity index (χ2n) is 6.54. The third-order valence-corrected chi connectivity index (χ3v) is 4.94. The van der Waals surface area contributed by atoms with Gasteiger partial charge in [0.2, 0.25) is 0 Å². The third kappa shape index (κ3) is 3.12. The summed E-state index contributed by atoms with van der Waals surface area (Å²) in [6.07, 6.45) is 6.96. The molecule has 3 heterocycles. The highest BCUT2D eigenvalue weighted by atomic mass is 16.5. The van der Waals surface area contributed by atoms with Crippen LogP contribution in [0.1, 0.15) is 12.8 Å². The van der Waals surface area contributed by atoms with Crippen molar-refractivity contribution in [2.24, 2.45) is 5.92 Å². The normalized spacial score (nSPS) is 15.3. The van der Waals surface area contributed by atoms with Crippen LogP contribution in [-0.4, -0.2) is 39.7 Å². The molecule has 1 aliphatic rings. The Morgan fingerprint density at radius 2 is 1.88 bits per heavy atom. The van der Waals surface area contributed by atoms with Crippen LogP contribution in [0.2, 0.25) is 0 Å². The summed E-state index contributed by atoms with van der Waals surface area (Å²) in [7, 11) is 1.61. The van der Waals surface area contributed by atoms with Crippen LogP contribution in [-0.2, 0) is 6.54 Å². The highest BCUT2D eigenvalue weighted by Crippen LogP contribution is 2.27. The quantitative estimate of drug-likeness (QED) is 0.717. The summed E-state index contributed by atoms with van der Waals surface area (Å²) in [6, 6.07) is 7.48. The van der Waals surface area contributed by atoms with Crippen molar-refractivity contribution in [1.29, 1.82) is 0 Å². The second-order valence-corrected chi connectivity index (χ2v) is 6.54. The maximum Gasteiger partial charge on any atom is 0.261 e. The first-order valence-electron chi connectivity index (χ1n) is 8.80. The van der Waals surface area contributed by atoms with Crippen molar-refractivity contribution in [2.45, 2.75) is 19.4 Å². The summed E-state index contributed by atoms with van der Waals surface area (Å²) in [5.74, 6) is 1.79. The molecule has 1 saturated heterocycles. The standard InChI is InChI=1S/C19H21N5O2/c1-26-18-17(20-8-9-21-18)23-10-6-14(7-11-23)12-24-13-22-16-5-3-2-4-15(16)19(24)25/h2-5,8-9,13-14H,6-7,10-12H2,1H3. The molecule has 0 bridgehead atoms. The van der Waals surface area contributed by atoms with Gasteiger partial charge in [-0.2, -0.15) is 0 Å². The predicted molar refractivity (Wildman–Crippen MR) is 99.5 cm³/mol. The van der Waals surface area contributed by atoms with Gasteiger partial charge in [-0.1, -0.05) is 12.1 Å². The van der Waals surface area contributed by atoms with E-state index in [0.29, 0.717) is 23.7 Å². The fraction of sp³-hybridized carbons (Fsp3) is 0.368. The summed E-state index contributed by atoms with van der Waals surface area (Å²) in [4.78, 5) is 27.9. The first-order chi connectivity index (χ1) is 12.8. The monoisotopic (exact) mass is 351 g/mol. The van der Waals surface area contributed by atoms with Gasteiger partial charge in [0.05, 0.1) is 24.3 Å². The zero-order chi connectivity index (χ0) is 17.9. The summed E-state index contributed by atoms with van der Waals surface area (Å²) in [5, 5.41) is 0.678. The number of methoxy groups -OCH3 is 1. The number of fused-ring (bicyclic) bond motifs is 1. The van der Waals surface area contributed by atoms with Gasteiger partial charge >= 0.3 is 0 Å². The minimum absolute atomic E-state index is 0.0358. The second kappa shape index (κ2) is 7.11. The number of hydrogen-bond donors (Lipinski definition) is 0. The summed E-state index contributed by atoms with van der Waals surface area (Å²) in [5.41, 5.74) is 0.784. The number of benzene rings is 1. The summed E-state index contributed by atoms with van der Waals surface area (Å²) < 4.78 is 7.05. The summed E-state index contributed by atoms with van der Waals surface area (Å²) >= 11 is 0. The van der Waals surface area contributed by atoms with Gasteiger partial charge < -0.3 is 9.64 Å². The molecule has 1 aromatic carbocycles. The molecule has 0 aliphatic carbocycles. The van der Waals surface area contributed by atoms with Crippen molar-refractivity contribution in [1.82, 2.24) is 19.5 Å². The molecule has 1 fully saturated rings. The lowest BCUT2D eigenvalue weighted by atomic mass is 9.96. The molecule has 0 unspecified atom stereocenters. The Bertz CT molecular complexity index is 963. The van der Waals surface area contributed by atoms with Gasteiger partial charge in [0.25, 0.3) is 11.4 Å². The molecule has 0 N–H and O–H groups in total. The number of aromatic nitrogens is 4. The van der Waals surface area contributed by atoms with E-state index in [0.717, 1.165) is 37.3 Å². The number of anilines is 1. The van der Waals surface area contributed by atoms with Crippen molar-refractivity contribution in [3.63, 3.8) is 0 Å². The van der Waals surface area contributed by atoms with Crippen LogP contribution in [0.4, 0.5) is 5.82 Å². The smallest absolute Gasteiger partial charge is 0.261 e. The molecular weight excluding hydrogens is 330 g/mol. The summed E-state index contributed by atoms with van der Waals surface area (Å²) in [6.45, 7) is 2.44. The highest BCUT2D eigenvalue weighted by Gasteiger charge is 2.23. The molecule has 3 aromatic rings. The lowest BCUT2D eigenvalue weighted by Gasteiger charge is -2.33. The Kier molecular flexibility index (Phi) is 4.51. The molecular formula is C19H21N5O2. The molecule has 7 heteroatoms. The van der Waals surface area contributed by atoms with Crippen molar-refractivity contribution in [2.75, 3.05) is 25.1 Å². The number of nitrogens with zero attached hydrogens (tertiary/aromatic N) is 5. The number of para-hydroxylation sites is 1. The van der Waals surface area contributed by atoms with Gasteiger partial charge in [0.1, 0.15) is 0 Å². The lowest BCUT2D eigenvalue weighted by molar-refractivity contribution is 0.345. The molecule has 134 valence electrons. The van der Waals surface area contributed by atoms with E-state index < -0.39 is 0 Å².